The van der Waals surface area contributed by atoms with Crippen LogP contribution in [0.2, 0.25) is 0 Å². The molecule has 0 saturated carbocycles. The Balaban J connectivity index is 2.28. The number of fused-ring (bicyclic) bond motifs is 2. The normalized spacial score (nSPS) is 16.1. The highest BCUT2D eigenvalue weighted by Crippen LogP contribution is 2.32. The van der Waals surface area contributed by atoms with E-state index in [4.69, 9.17) is 5.73 Å². The van der Waals surface area contributed by atoms with Crippen molar-refractivity contribution in [3.63, 3.8) is 0 Å². The van der Waals surface area contributed by atoms with Gasteiger partial charge in [0.05, 0.1) is 0 Å². The molecule has 0 atom stereocenters. The molecule has 0 amide bonds. The molecule has 1 aliphatic heterocycles. The maximum Gasteiger partial charge on any atom is 0.0430 e. The molecule has 0 aromatic heterocycles. The van der Waals surface area contributed by atoms with Gasteiger partial charge in [0.2, 0.25) is 0 Å². The number of hydrogen-bond acceptors (Lipinski definition) is 2. The van der Waals surface area contributed by atoms with Crippen molar-refractivity contribution in [1.82, 2.24) is 4.90 Å². The molecule has 0 bridgehead atoms. The highest BCUT2D eigenvalue weighted by molar-refractivity contribution is 5.96. The Kier molecular flexibility index (Phi) is 2.33. The van der Waals surface area contributed by atoms with Crippen LogP contribution in [0.25, 0.3) is 10.8 Å². The summed E-state index contributed by atoms with van der Waals surface area (Å²) in [6.07, 6.45) is 1.07. The van der Waals surface area contributed by atoms with Crippen molar-refractivity contribution in [2.75, 3.05) is 19.3 Å². The number of likely N-dealkylation sites (N-methyl/N-ethyl adjacent to an activating group) is 1. The fourth-order valence-corrected chi connectivity index (χ4v) is 2.75. The van der Waals surface area contributed by atoms with Gasteiger partial charge in [0.15, 0.2) is 0 Å². The predicted molar refractivity (Wildman–Crippen MR) is 73.1 cm³/mol. The van der Waals surface area contributed by atoms with Gasteiger partial charge < -0.3 is 10.6 Å². The van der Waals surface area contributed by atoms with Crippen LogP contribution >= 0.6 is 0 Å². The molecule has 2 aromatic carbocycles. The second-order valence-electron chi connectivity index (χ2n) is 5.14. The Morgan fingerprint density at radius 3 is 2.88 bits per heavy atom. The standard InChI is InChI=1S/C15H18N2/c1-10-3-4-11-8-12-9-17(2)6-5-13(12)15(16)14(11)7-10/h3-4,7-8H,5-6,9,16H2,1-2H3. The number of hydrogen-bond donors (Lipinski definition) is 1. The maximum atomic E-state index is 6.34. The van der Waals surface area contributed by atoms with Gasteiger partial charge in [-0.3, -0.25) is 0 Å². The van der Waals surface area contributed by atoms with Crippen molar-refractivity contribution in [3.8, 4) is 0 Å². The second kappa shape index (κ2) is 3.74. The van der Waals surface area contributed by atoms with E-state index in [1.807, 2.05) is 0 Å². The molecule has 2 aromatic rings. The van der Waals surface area contributed by atoms with Gasteiger partial charge >= 0.3 is 0 Å². The summed E-state index contributed by atoms with van der Waals surface area (Å²) in [5.41, 5.74) is 11.4. The third-order valence-electron chi connectivity index (χ3n) is 3.73. The molecular weight excluding hydrogens is 208 g/mol. The monoisotopic (exact) mass is 226 g/mol. The molecule has 0 unspecified atom stereocenters. The van der Waals surface area contributed by atoms with Crippen LogP contribution in [0.15, 0.2) is 24.3 Å². The SMILES string of the molecule is Cc1ccc2cc3c(c(N)c2c1)CCN(C)C3. The van der Waals surface area contributed by atoms with Crippen LogP contribution in [-0.4, -0.2) is 18.5 Å². The zero-order valence-corrected chi connectivity index (χ0v) is 10.5. The molecule has 1 aliphatic rings. The summed E-state index contributed by atoms with van der Waals surface area (Å²) in [5, 5.41) is 2.48. The Labute approximate surface area is 102 Å². The van der Waals surface area contributed by atoms with E-state index in [1.165, 1.54) is 27.5 Å². The molecule has 0 radical (unpaired) electrons. The van der Waals surface area contributed by atoms with Gasteiger partial charge in [-0.25, -0.2) is 0 Å². The van der Waals surface area contributed by atoms with E-state index in [0.717, 1.165) is 25.2 Å². The smallest absolute Gasteiger partial charge is 0.0430 e. The third kappa shape index (κ3) is 1.69. The molecule has 3 rings (SSSR count). The molecule has 0 aliphatic carbocycles. The lowest BCUT2D eigenvalue weighted by molar-refractivity contribution is 0.313. The average Bonchev–Trinajstić information content (AvgIpc) is 2.30. The first-order chi connectivity index (χ1) is 8.15. The molecule has 2 nitrogen and oxygen atoms in total. The summed E-state index contributed by atoms with van der Waals surface area (Å²) in [7, 11) is 2.17. The first kappa shape index (κ1) is 10.6. The van der Waals surface area contributed by atoms with Crippen molar-refractivity contribution < 1.29 is 0 Å². The van der Waals surface area contributed by atoms with Gasteiger partial charge in [0.1, 0.15) is 0 Å². The molecular formula is C15H18N2. The van der Waals surface area contributed by atoms with E-state index in [2.05, 4.69) is 43.1 Å². The topological polar surface area (TPSA) is 29.3 Å². The molecule has 0 fully saturated rings. The van der Waals surface area contributed by atoms with E-state index in [9.17, 15) is 0 Å². The van der Waals surface area contributed by atoms with Gasteiger partial charge in [0, 0.05) is 24.2 Å². The summed E-state index contributed by atoms with van der Waals surface area (Å²) in [5.74, 6) is 0. The van der Waals surface area contributed by atoms with Crippen molar-refractivity contribution in [1.29, 1.82) is 0 Å². The minimum Gasteiger partial charge on any atom is -0.398 e. The van der Waals surface area contributed by atoms with Crippen LogP contribution in [0.1, 0.15) is 16.7 Å². The summed E-state index contributed by atoms with van der Waals surface area (Å²) in [4.78, 5) is 2.35. The zero-order chi connectivity index (χ0) is 12.0. The van der Waals surface area contributed by atoms with E-state index in [1.54, 1.807) is 0 Å². The summed E-state index contributed by atoms with van der Waals surface area (Å²) < 4.78 is 0. The van der Waals surface area contributed by atoms with Crippen LogP contribution in [0, 0.1) is 6.92 Å². The Bertz CT molecular complexity index is 587. The summed E-state index contributed by atoms with van der Waals surface area (Å²) in [6.45, 7) is 4.24. The number of aryl methyl sites for hydroxylation is 1. The molecule has 1 heterocycles. The van der Waals surface area contributed by atoms with E-state index >= 15 is 0 Å². The number of nitrogen functional groups attached to an aromatic ring is 1. The van der Waals surface area contributed by atoms with Gasteiger partial charge in [-0.1, -0.05) is 17.7 Å². The number of nitrogens with zero attached hydrogens (tertiary/aromatic N) is 1. The van der Waals surface area contributed by atoms with E-state index in [-0.39, 0.29) is 0 Å². The van der Waals surface area contributed by atoms with Crippen LogP contribution < -0.4 is 5.73 Å². The third-order valence-corrected chi connectivity index (χ3v) is 3.73. The van der Waals surface area contributed by atoms with Gasteiger partial charge in [-0.15, -0.1) is 0 Å². The van der Waals surface area contributed by atoms with Crippen molar-refractivity contribution in [2.24, 2.45) is 0 Å². The summed E-state index contributed by atoms with van der Waals surface area (Å²) >= 11 is 0. The number of benzene rings is 2. The predicted octanol–water partition coefficient (Wildman–Crippen LogP) is 2.72. The van der Waals surface area contributed by atoms with E-state index < -0.39 is 0 Å². The quantitative estimate of drug-likeness (QED) is 0.700. The Hall–Kier alpha value is -1.54. The lowest BCUT2D eigenvalue weighted by atomic mass is 9.93. The summed E-state index contributed by atoms with van der Waals surface area (Å²) in [6, 6.07) is 8.83. The first-order valence-corrected chi connectivity index (χ1v) is 6.14. The Morgan fingerprint density at radius 1 is 1.24 bits per heavy atom. The fourth-order valence-electron chi connectivity index (χ4n) is 2.75. The minimum absolute atomic E-state index is 0.995. The van der Waals surface area contributed by atoms with Crippen LogP contribution in [0.4, 0.5) is 5.69 Å². The Morgan fingerprint density at radius 2 is 2.06 bits per heavy atom. The van der Waals surface area contributed by atoms with Crippen LogP contribution in [0.3, 0.4) is 0 Å². The highest BCUT2D eigenvalue weighted by Gasteiger charge is 2.17. The van der Waals surface area contributed by atoms with Gasteiger partial charge in [-0.2, -0.15) is 0 Å². The van der Waals surface area contributed by atoms with E-state index in [0.29, 0.717) is 0 Å². The minimum atomic E-state index is 0.995. The first-order valence-electron chi connectivity index (χ1n) is 6.14. The van der Waals surface area contributed by atoms with Crippen molar-refractivity contribution in [2.45, 2.75) is 19.9 Å². The van der Waals surface area contributed by atoms with Crippen molar-refractivity contribution in [3.05, 3.63) is 41.0 Å². The maximum absolute atomic E-state index is 6.34. The molecule has 0 saturated heterocycles. The van der Waals surface area contributed by atoms with Crippen molar-refractivity contribution >= 4 is 16.5 Å². The van der Waals surface area contributed by atoms with Crippen LogP contribution in [0.5, 0.6) is 0 Å². The lowest BCUT2D eigenvalue weighted by Gasteiger charge is -2.27. The molecule has 0 spiro atoms. The zero-order valence-electron chi connectivity index (χ0n) is 10.5. The average molecular weight is 226 g/mol. The van der Waals surface area contributed by atoms with Crippen LogP contribution in [-0.2, 0) is 13.0 Å². The van der Waals surface area contributed by atoms with Gasteiger partial charge in [0.25, 0.3) is 0 Å². The molecule has 2 N–H and O–H groups in total. The largest absolute Gasteiger partial charge is 0.398 e. The number of nitrogens with two attached hydrogens (primary N) is 1. The lowest BCUT2D eigenvalue weighted by Crippen LogP contribution is -2.27. The molecule has 88 valence electrons. The highest BCUT2D eigenvalue weighted by atomic mass is 15.1. The number of anilines is 1. The fraction of sp³-hybridized carbons (Fsp3) is 0.333. The second-order valence-corrected chi connectivity index (χ2v) is 5.14. The van der Waals surface area contributed by atoms with Gasteiger partial charge in [-0.05, 0) is 49.0 Å². The molecule has 2 heteroatoms. The number of rotatable bonds is 0. The molecule has 17 heavy (non-hydrogen) atoms.